The van der Waals surface area contributed by atoms with Crippen LogP contribution < -0.4 is 5.69 Å². The first kappa shape index (κ1) is 19.8. The van der Waals surface area contributed by atoms with E-state index in [0.717, 1.165) is 16.7 Å². The van der Waals surface area contributed by atoms with Crippen molar-refractivity contribution in [3.63, 3.8) is 0 Å². The van der Waals surface area contributed by atoms with Gasteiger partial charge >= 0.3 is 5.69 Å². The molecule has 0 atom stereocenters. The van der Waals surface area contributed by atoms with Crippen LogP contribution in [0, 0.1) is 0 Å². The highest BCUT2D eigenvalue weighted by atomic mass is 16.2. The number of carbonyl (C=O) groups excluding carboxylic acids is 2. The molecular weight excluding hydrogens is 402 g/mol. The molecule has 0 saturated heterocycles. The van der Waals surface area contributed by atoms with Crippen LogP contribution in [-0.2, 0) is 19.6 Å². The number of imidazole rings is 1. The van der Waals surface area contributed by atoms with Crippen LogP contribution >= 0.6 is 0 Å². The molecule has 0 fully saturated rings. The summed E-state index contributed by atoms with van der Waals surface area (Å²) in [6, 6.07) is 28.3. The summed E-state index contributed by atoms with van der Waals surface area (Å²) in [5, 5.41) is 0. The Hall–Kier alpha value is -4.19. The molecule has 5 rings (SSSR count). The molecule has 1 aromatic heterocycles. The van der Waals surface area contributed by atoms with E-state index in [1.54, 1.807) is 0 Å². The molecule has 0 bridgehead atoms. The molecule has 3 aromatic carbocycles. The van der Waals surface area contributed by atoms with Crippen LogP contribution in [0.5, 0.6) is 0 Å². The van der Waals surface area contributed by atoms with Gasteiger partial charge in [-0.05, 0) is 16.7 Å². The molecule has 6 heteroatoms. The van der Waals surface area contributed by atoms with E-state index < -0.39 is 11.8 Å². The average molecular weight is 423 g/mol. The van der Waals surface area contributed by atoms with Crippen LogP contribution in [0.1, 0.15) is 37.7 Å². The number of hydrogen-bond acceptors (Lipinski definition) is 3. The number of aromatic nitrogens is 2. The Bertz CT molecular complexity index is 1260. The summed E-state index contributed by atoms with van der Waals surface area (Å²) in [6.07, 6.45) is 0. The van der Waals surface area contributed by atoms with Gasteiger partial charge in [0.05, 0.1) is 19.6 Å². The molecule has 2 amide bonds. The quantitative estimate of drug-likeness (QED) is 0.446. The van der Waals surface area contributed by atoms with Crippen molar-refractivity contribution in [1.29, 1.82) is 0 Å². The van der Waals surface area contributed by atoms with Crippen LogP contribution in [0.25, 0.3) is 0 Å². The fraction of sp³-hybridized carbons (Fsp3) is 0.115. The van der Waals surface area contributed by atoms with Crippen LogP contribution in [-0.4, -0.2) is 25.8 Å². The van der Waals surface area contributed by atoms with Gasteiger partial charge in [0, 0.05) is 0 Å². The molecule has 2 heterocycles. The second-order valence-electron chi connectivity index (χ2n) is 7.81. The van der Waals surface area contributed by atoms with E-state index in [-0.39, 0.29) is 36.7 Å². The normalized spacial score (nSPS) is 12.9. The summed E-state index contributed by atoms with van der Waals surface area (Å²) >= 11 is 0. The van der Waals surface area contributed by atoms with Crippen molar-refractivity contribution in [2.45, 2.75) is 19.6 Å². The first-order valence-electron chi connectivity index (χ1n) is 10.4. The Morgan fingerprint density at radius 3 is 1.19 bits per heavy atom. The molecule has 0 aliphatic carbocycles. The molecule has 4 aromatic rings. The van der Waals surface area contributed by atoms with E-state index >= 15 is 0 Å². The Morgan fingerprint density at radius 1 is 0.469 bits per heavy atom. The maximum Gasteiger partial charge on any atom is 0.330 e. The van der Waals surface area contributed by atoms with Gasteiger partial charge in [-0.1, -0.05) is 91.0 Å². The van der Waals surface area contributed by atoms with Crippen LogP contribution in [0.2, 0.25) is 0 Å². The van der Waals surface area contributed by atoms with Gasteiger partial charge < -0.3 is 0 Å². The molecule has 32 heavy (non-hydrogen) atoms. The zero-order valence-corrected chi connectivity index (χ0v) is 17.3. The number of imide groups is 1. The minimum atomic E-state index is -0.436. The fourth-order valence-electron chi connectivity index (χ4n) is 4.11. The van der Waals surface area contributed by atoms with Crippen molar-refractivity contribution in [3.8, 4) is 0 Å². The first-order chi connectivity index (χ1) is 15.6. The number of rotatable bonds is 6. The number of hydrogen-bond donors (Lipinski definition) is 0. The third kappa shape index (κ3) is 3.46. The third-order valence-corrected chi connectivity index (χ3v) is 5.67. The van der Waals surface area contributed by atoms with Gasteiger partial charge in [-0.3, -0.25) is 23.6 Å². The van der Waals surface area contributed by atoms with E-state index in [4.69, 9.17) is 0 Å². The number of carbonyl (C=O) groups is 2. The second kappa shape index (κ2) is 8.15. The summed E-state index contributed by atoms with van der Waals surface area (Å²) < 4.78 is 2.86. The topological polar surface area (TPSA) is 64.3 Å². The van der Waals surface area contributed by atoms with E-state index in [1.807, 2.05) is 91.0 Å². The fourth-order valence-corrected chi connectivity index (χ4v) is 4.11. The highest BCUT2D eigenvalue weighted by Gasteiger charge is 2.42. The van der Waals surface area contributed by atoms with Gasteiger partial charge in [0.15, 0.2) is 0 Å². The van der Waals surface area contributed by atoms with Gasteiger partial charge in [0.1, 0.15) is 11.4 Å². The van der Waals surface area contributed by atoms with Crippen molar-refractivity contribution in [2.75, 3.05) is 0 Å². The lowest BCUT2D eigenvalue weighted by Gasteiger charge is -2.16. The number of fused-ring (bicyclic) bond motifs is 1. The molecule has 158 valence electrons. The molecule has 1 aliphatic rings. The smallest absolute Gasteiger partial charge is 0.282 e. The monoisotopic (exact) mass is 423 g/mol. The van der Waals surface area contributed by atoms with Crippen molar-refractivity contribution in [1.82, 2.24) is 14.0 Å². The lowest BCUT2D eigenvalue weighted by Crippen LogP contribution is -2.36. The van der Waals surface area contributed by atoms with Gasteiger partial charge in [-0.25, -0.2) is 4.79 Å². The van der Waals surface area contributed by atoms with E-state index in [0.29, 0.717) is 0 Å². The zero-order valence-electron chi connectivity index (χ0n) is 17.3. The van der Waals surface area contributed by atoms with Crippen molar-refractivity contribution in [2.24, 2.45) is 0 Å². The third-order valence-electron chi connectivity index (χ3n) is 5.67. The van der Waals surface area contributed by atoms with Crippen LogP contribution in [0.15, 0.2) is 95.8 Å². The second-order valence-corrected chi connectivity index (χ2v) is 7.81. The first-order valence-corrected chi connectivity index (χ1v) is 10.4. The summed E-state index contributed by atoms with van der Waals surface area (Å²) in [6.45, 7) is 0.613. The average Bonchev–Trinajstić information content (AvgIpc) is 3.23. The van der Waals surface area contributed by atoms with Gasteiger partial charge in [-0.15, -0.1) is 0 Å². The van der Waals surface area contributed by atoms with Crippen molar-refractivity contribution >= 4 is 11.8 Å². The molecule has 0 saturated carbocycles. The highest BCUT2D eigenvalue weighted by Crippen LogP contribution is 2.25. The summed E-state index contributed by atoms with van der Waals surface area (Å²) in [7, 11) is 0. The Morgan fingerprint density at radius 2 is 0.812 bits per heavy atom. The molecular formula is C26H21N3O3. The summed E-state index contributed by atoms with van der Waals surface area (Å²) in [4.78, 5) is 41.3. The molecule has 0 unspecified atom stereocenters. The summed E-state index contributed by atoms with van der Waals surface area (Å²) in [5.41, 5.74) is 2.59. The van der Waals surface area contributed by atoms with Crippen LogP contribution in [0.3, 0.4) is 0 Å². The Balaban J connectivity index is 1.60. The molecule has 0 spiro atoms. The highest BCUT2D eigenvalue weighted by molar-refractivity contribution is 6.19. The van der Waals surface area contributed by atoms with Gasteiger partial charge in [0.25, 0.3) is 11.8 Å². The zero-order chi connectivity index (χ0) is 22.1. The lowest BCUT2D eigenvalue weighted by molar-refractivity contribution is 0.0632. The lowest BCUT2D eigenvalue weighted by atomic mass is 10.2. The standard InChI is InChI=1S/C26H21N3O3/c30-24-22-23(25(31)29(24)18-21-14-8-3-9-15-21)28(17-20-12-6-2-7-13-20)26(32)27(22)16-19-10-4-1-5-11-19/h1-15H,16-18H2. The minimum Gasteiger partial charge on any atom is -0.282 e. The predicted molar refractivity (Wildman–Crippen MR) is 120 cm³/mol. The van der Waals surface area contributed by atoms with Gasteiger partial charge in [0.2, 0.25) is 0 Å². The van der Waals surface area contributed by atoms with Crippen molar-refractivity contribution in [3.05, 3.63) is 130 Å². The molecule has 1 aliphatic heterocycles. The molecule has 0 N–H and O–H groups in total. The van der Waals surface area contributed by atoms with Gasteiger partial charge in [-0.2, -0.15) is 0 Å². The maximum absolute atomic E-state index is 13.4. The van der Waals surface area contributed by atoms with E-state index in [1.165, 1.54) is 14.0 Å². The summed E-state index contributed by atoms with van der Waals surface area (Å²) in [5.74, 6) is -0.873. The molecule has 6 nitrogen and oxygen atoms in total. The van der Waals surface area contributed by atoms with Crippen molar-refractivity contribution < 1.29 is 9.59 Å². The van der Waals surface area contributed by atoms with E-state index in [9.17, 15) is 14.4 Å². The SMILES string of the molecule is O=C1c2c(n(Cc3ccccc3)c(=O)n2Cc2ccccc2)C(=O)N1Cc1ccccc1. The Labute approximate surface area is 185 Å². The number of amides is 2. The largest absolute Gasteiger partial charge is 0.330 e. The number of nitrogens with zero attached hydrogens (tertiary/aromatic N) is 3. The number of benzene rings is 3. The maximum atomic E-state index is 13.4. The Kier molecular flexibility index (Phi) is 5.03. The molecule has 0 radical (unpaired) electrons. The minimum absolute atomic E-state index is 0.163. The van der Waals surface area contributed by atoms with E-state index in [2.05, 4.69) is 0 Å². The predicted octanol–water partition coefficient (Wildman–Crippen LogP) is 3.54. The van der Waals surface area contributed by atoms with Crippen LogP contribution in [0.4, 0.5) is 0 Å².